The van der Waals surface area contributed by atoms with Gasteiger partial charge < -0.3 is 52.6 Å². The Hall–Kier alpha value is -8.43. The number of unbranched alkanes of at least 4 members (excludes halogenated alkanes) is 2. The number of nitrogens with two attached hydrogens (primary N) is 2. The Morgan fingerprint density at radius 2 is 1.56 bits per heavy atom. The lowest BCUT2D eigenvalue weighted by Gasteiger charge is -2.28. The first-order valence-corrected chi connectivity index (χ1v) is 27.4. The highest BCUT2D eigenvalue weighted by atomic mass is 16.6. The number of urea groups is 1. The molecule has 10 amide bonds. The second-order valence-electron chi connectivity index (χ2n) is 21.1. The number of anilines is 2. The van der Waals surface area contributed by atoms with Gasteiger partial charge in [0.05, 0.1) is 29.5 Å². The average molecular weight is 1100 g/mol. The van der Waals surface area contributed by atoms with Gasteiger partial charge in [-0.2, -0.15) is 0 Å². The molecule has 428 valence electrons. The second-order valence-corrected chi connectivity index (χ2v) is 21.1. The van der Waals surface area contributed by atoms with Crippen LogP contribution in [0.4, 0.5) is 26.7 Å². The molecule has 0 saturated carbocycles. The maximum absolute atomic E-state index is 14.0. The summed E-state index contributed by atoms with van der Waals surface area (Å²) >= 11 is 0. The minimum Gasteiger partial charge on any atom is -0.445 e. The molecular formula is C58H76N12O10. The van der Waals surface area contributed by atoms with Crippen LogP contribution in [0.2, 0.25) is 0 Å². The van der Waals surface area contributed by atoms with Gasteiger partial charge in [-0.05, 0) is 105 Å². The fourth-order valence-electron chi connectivity index (χ4n) is 9.41. The lowest BCUT2D eigenvalue weighted by Crippen LogP contribution is -2.54. The smallest absolute Gasteiger partial charge is 0.410 e. The van der Waals surface area contributed by atoms with Crippen LogP contribution in [0.25, 0.3) is 6.08 Å². The number of amides is 10. The zero-order valence-corrected chi connectivity index (χ0v) is 46.7. The minimum absolute atomic E-state index is 0.0581. The minimum atomic E-state index is -1.06. The van der Waals surface area contributed by atoms with Crippen molar-refractivity contribution in [3.63, 3.8) is 0 Å². The van der Waals surface area contributed by atoms with E-state index in [0.717, 1.165) is 34.6 Å². The first-order chi connectivity index (χ1) is 38.2. The number of primary amides is 1. The summed E-state index contributed by atoms with van der Waals surface area (Å²) in [5.41, 5.74) is 16.2. The molecule has 80 heavy (non-hydrogen) atoms. The number of rotatable bonds is 26. The molecule has 3 aliphatic rings. The molecule has 6 rings (SSSR count). The lowest BCUT2D eigenvalue weighted by atomic mass is 9.82. The highest BCUT2D eigenvalue weighted by Crippen LogP contribution is 2.34. The Morgan fingerprint density at radius 3 is 2.24 bits per heavy atom. The number of carbonyl (C=O) groups is 9. The van der Waals surface area contributed by atoms with Crippen LogP contribution in [-0.2, 0) is 63.3 Å². The number of hydrogen-bond donors (Lipinski definition) is 7. The molecule has 2 aromatic carbocycles. The highest BCUT2D eigenvalue weighted by Gasteiger charge is 2.33. The molecule has 3 aromatic rings. The molecule has 22 heteroatoms. The van der Waals surface area contributed by atoms with Gasteiger partial charge in [0.1, 0.15) is 24.5 Å². The summed E-state index contributed by atoms with van der Waals surface area (Å²) in [6.07, 6.45) is 9.80. The van der Waals surface area contributed by atoms with E-state index in [1.807, 2.05) is 56.9 Å². The van der Waals surface area contributed by atoms with Gasteiger partial charge in [-0.15, -0.1) is 0 Å². The van der Waals surface area contributed by atoms with Crippen LogP contribution in [-0.4, -0.2) is 124 Å². The molecule has 1 aromatic heterocycles. The molecule has 0 radical (unpaired) electrons. The van der Waals surface area contributed by atoms with Crippen molar-refractivity contribution < 1.29 is 47.9 Å². The summed E-state index contributed by atoms with van der Waals surface area (Å²) < 4.78 is 5.70. The topological polar surface area (TPSA) is 310 Å². The summed E-state index contributed by atoms with van der Waals surface area (Å²) in [6.45, 7) is 13.4. The van der Waals surface area contributed by atoms with Gasteiger partial charge in [-0.25, -0.2) is 14.6 Å². The van der Waals surface area contributed by atoms with Crippen molar-refractivity contribution in [3.05, 3.63) is 100 Å². The third kappa shape index (κ3) is 16.8. The summed E-state index contributed by atoms with van der Waals surface area (Å²) in [4.78, 5) is 130. The van der Waals surface area contributed by atoms with E-state index in [0.29, 0.717) is 84.9 Å². The van der Waals surface area contributed by atoms with Crippen molar-refractivity contribution in [1.82, 2.24) is 35.6 Å². The van der Waals surface area contributed by atoms with E-state index in [4.69, 9.17) is 16.2 Å². The predicted octanol–water partition coefficient (Wildman–Crippen LogP) is 5.62. The van der Waals surface area contributed by atoms with Gasteiger partial charge in [-0.3, -0.25) is 43.4 Å². The van der Waals surface area contributed by atoms with E-state index in [9.17, 15) is 43.2 Å². The predicted molar refractivity (Wildman–Crippen MR) is 303 cm³/mol. The number of nitrogens with zero attached hydrogens (tertiary/aromatic N) is 5. The number of fused-ring (bicyclic) bond motifs is 2. The van der Waals surface area contributed by atoms with Crippen LogP contribution in [0.5, 0.6) is 0 Å². The maximum atomic E-state index is 14.0. The number of imide groups is 1. The number of aromatic nitrogens is 1. The molecule has 0 saturated heterocycles. The largest absolute Gasteiger partial charge is 0.445 e. The van der Waals surface area contributed by atoms with Crippen LogP contribution in [0, 0.1) is 5.92 Å². The second kappa shape index (κ2) is 28.4. The van der Waals surface area contributed by atoms with E-state index in [-0.39, 0.29) is 87.4 Å². The van der Waals surface area contributed by atoms with Crippen molar-refractivity contribution in [3.8, 4) is 0 Å². The number of ether oxygens (including phenoxy) is 1. The summed E-state index contributed by atoms with van der Waals surface area (Å²) in [7, 11) is 0. The maximum Gasteiger partial charge on any atom is 0.410 e. The van der Waals surface area contributed by atoms with Crippen LogP contribution >= 0.6 is 0 Å². The Labute approximate surface area is 467 Å². The van der Waals surface area contributed by atoms with Gasteiger partial charge in [0.2, 0.25) is 29.5 Å². The van der Waals surface area contributed by atoms with E-state index in [1.165, 1.54) is 12.2 Å². The molecular weight excluding hydrogens is 1020 g/mol. The zero-order valence-electron chi connectivity index (χ0n) is 46.7. The molecule has 0 fully saturated rings. The summed E-state index contributed by atoms with van der Waals surface area (Å²) in [5, 5.41) is 13.8. The van der Waals surface area contributed by atoms with E-state index in [1.54, 1.807) is 55.3 Å². The van der Waals surface area contributed by atoms with E-state index >= 15 is 0 Å². The van der Waals surface area contributed by atoms with Gasteiger partial charge >= 0.3 is 12.1 Å². The fourth-order valence-corrected chi connectivity index (χ4v) is 9.41. The third-order valence-electron chi connectivity index (χ3n) is 14.0. The van der Waals surface area contributed by atoms with Crippen molar-refractivity contribution in [2.45, 2.75) is 136 Å². The SMILES string of the molecule is CCCN(CCC)C(=O)C1=Cc2ccc(C(C)(C)C(=O)Nc3cnc4c(c3)CN(C(=O)OCc3ccc(NC(=O)[C@H](CCCNC(N)=O)NC(=O)[C@@H](NC(=O)CCCCCN5C(=O)C=CC5=O)C(C)C)cc3)CC4)cc2N=C(N)C1. The lowest BCUT2D eigenvalue weighted by molar-refractivity contribution is -0.137. The first-order valence-electron chi connectivity index (χ1n) is 27.4. The van der Waals surface area contributed by atoms with Crippen molar-refractivity contribution in [1.29, 1.82) is 0 Å². The quantitative estimate of drug-likeness (QED) is 0.0381. The van der Waals surface area contributed by atoms with Gasteiger partial charge in [-0.1, -0.05) is 58.4 Å². The molecule has 0 spiro atoms. The third-order valence-corrected chi connectivity index (χ3v) is 14.0. The molecule has 9 N–H and O–H groups in total. The number of nitrogens with one attached hydrogen (secondary N) is 5. The van der Waals surface area contributed by atoms with E-state index < -0.39 is 41.4 Å². The average Bonchev–Trinajstić information content (AvgIpc) is 3.64. The Morgan fingerprint density at radius 1 is 0.850 bits per heavy atom. The standard InChI is InChI=1S/C58H76N12O10/c1-7-25-68(26-8-2)54(76)39-29-38-17-18-41(32-46(38)65-47(59)31-39)58(5,6)55(77)64-43-30-40-34-69(28-23-44(40)62-33-43)57(79)80-35-37-15-19-42(20-16-37)63-52(74)45(13-12-24-61-56(60)78)66-53(75)51(36(3)4)67-48(71)14-10-9-11-27-70-49(72)21-22-50(70)73/h15-22,29-30,32-33,36,45,51H,7-14,23-28,31,34-35H2,1-6H3,(H2,59,65)(H,63,74)(H,64,77)(H,66,75)(H,67,71)(H3,60,61,78)/t45-,51-/m0/s1. The molecule has 0 aliphatic carbocycles. The van der Waals surface area contributed by atoms with Gasteiger partial charge in [0, 0.05) is 86.7 Å². The van der Waals surface area contributed by atoms with Crippen LogP contribution in [0.3, 0.4) is 0 Å². The number of carbonyl (C=O) groups excluding carboxylic acids is 9. The number of hydrogen-bond acceptors (Lipinski definition) is 13. The monoisotopic (exact) mass is 1100 g/mol. The zero-order chi connectivity index (χ0) is 58.1. The molecule has 3 aliphatic heterocycles. The summed E-state index contributed by atoms with van der Waals surface area (Å²) in [5.74, 6) is -2.59. The van der Waals surface area contributed by atoms with Crippen LogP contribution in [0.15, 0.2) is 77.4 Å². The number of benzene rings is 2. The molecule has 22 nitrogen and oxygen atoms in total. The Bertz CT molecular complexity index is 2870. The first kappa shape index (κ1) is 60.8. The molecule has 0 bridgehead atoms. The Kier molecular flexibility index (Phi) is 21.6. The van der Waals surface area contributed by atoms with Gasteiger partial charge in [0.25, 0.3) is 11.8 Å². The van der Waals surface area contributed by atoms with Crippen molar-refractivity contribution in [2.24, 2.45) is 22.4 Å². The van der Waals surface area contributed by atoms with Crippen LogP contribution in [0.1, 0.15) is 127 Å². The summed E-state index contributed by atoms with van der Waals surface area (Å²) in [6, 6.07) is 11.2. The van der Waals surface area contributed by atoms with E-state index in [2.05, 4.69) is 36.6 Å². The fraction of sp³-hybridized carbons (Fsp3) is 0.466. The highest BCUT2D eigenvalue weighted by molar-refractivity contribution is 6.13. The molecule has 0 unspecified atom stereocenters. The molecule has 4 heterocycles. The normalized spacial score (nSPS) is 14.6. The number of aliphatic imine (C=N–C) groups is 1. The number of pyridine rings is 1. The Balaban J connectivity index is 0.999. The number of amidine groups is 1. The van der Waals surface area contributed by atoms with Crippen LogP contribution < -0.4 is 38.1 Å². The van der Waals surface area contributed by atoms with Crippen molar-refractivity contribution >= 4 is 82.4 Å². The molecule has 2 atom stereocenters. The van der Waals surface area contributed by atoms with Crippen molar-refractivity contribution in [2.75, 3.05) is 43.4 Å². The van der Waals surface area contributed by atoms with Gasteiger partial charge in [0.15, 0.2) is 0 Å².